The summed E-state index contributed by atoms with van der Waals surface area (Å²) < 4.78 is 11.6. The van der Waals surface area contributed by atoms with Crippen molar-refractivity contribution >= 4 is 5.69 Å². The minimum atomic E-state index is 0.693. The van der Waals surface area contributed by atoms with Crippen LogP contribution in [0.15, 0.2) is 30.3 Å². The predicted octanol–water partition coefficient (Wildman–Crippen LogP) is 3.47. The van der Waals surface area contributed by atoms with Crippen LogP contribution in [0.25, 0.3) is 0 Å². The molecule has 4 nitrogen and oxygen atoms in total. The molecule has 0 radical (unpaired) electrons. The number of fused-ring (bicyclic) bond motifs is 1. The molecule has 0 spiro atoms. The van der Waals surface area contributed by atoms with Gasteiger partial charge in [-0.1, -0.05) is 12.1 Å². The largest absolute Gasteiger partial charge is 0.490 e. The lowest BCUT2D eigenvalue weighted by Crippen LogP contribution is -2.05. The minimum absolute atomic E-state index is 0.693. The third kappa shape index (κ3) is 3.10. The first-order valence-corrected chi connectivity index (χ1v) is 7.29. The molecular weight excluding hydrogens is 264 g/mol. The van der Waals surface area contributed by atoms with Gasteiger partial charge in [-0.2, -0.15) is 0 Å². The first kappa shape index (κ1) is 13.7. The maximum absolute atomic E-state index is 5.84. The SMILES string of the molecule is Cc1ccc(NCc2cccc3c2OCCCO3)c(C)n1. The van der Waals surface area contributed by atoms with Crippen molar-refractivity contribution in [1.82, 2.24) is 4.98 Å². The number of rotatable bonds is 3. The Morgan fingerprint density at radius 2 is 1.95 bits per heavy atom. The lowest BCUT2D eigenvalue weighted by Gasteiger charge is -2.14. The van der Waals surface area contributed by atoms with Crippen LogP contribution < -0.4 is 14.8 Å². The zero-order chi connectivity index (χ0) is 14.7. The number of nitrogens with zero attached hydrogens (tertiary/aromatic N) is 1. The topological polar surface area (TPSA) is 43.4 Å². The van der Waals surface area contributed by atoms with E-state index in [1.165, 1.54) is 0 Å². The summed E-state index contributed by atoms with van der Waals surface area (Å²) in [7, 11) is 0. The number of aryl methyl sites for hydroxylation is 2. The number of para-hydroxylation sites is 1. The molecular formula is C17H20N2O2. The van der Waals surface area contributed by atoms with Gasteiger partial charge in [-0.05, 0) is 32.0 Å². The number of nitrogens with one attached hydrogen (secondary N) is 1. The van der Waals surface area contributed by atoms with Gasteiger partial charge in [-0.25, -0.2) is 0 Å². The number of hydrogen-bond acceptors (Lipinski definition) is 4. The molecule has 1 aromatic heterocycles. The van der Waals surface area contributed by atoms with E-state index in [9.17, 15) is 0 Å². The van der Waals surface area contributed by atoms with Gasteiger partial charge in [-0.15, -0.1) is 0 Å². The van der Waals surface area contributed by atoms with Gasteiger partial charge in [0.25, 0.3) is 0 Å². The third-order valence-electron chi connectivity index (χ3n) is 3.55. The van der Waals surface area contributed by atoms with Gasteiger partial charge >= 0.3 is 0 Å². The predicted molar refractivity (Wildman–Crippen MR) is 83.1 cm³/mol. The molecule has 0 amide bonds. The lowest BCUT2D eigenvalue weighted by molar-refractivity contribution is 0.296. The van der Waals surface area contributed by atoms with E-state index in [0.29, 0.717) is 19.8 Å². The fraction of sp³-hybridized carbons (Fsp3) is 0.353. The molecule has 1 aliphatic heterocycles. The molecule has 0 unspecified atom stereocenters. The quantitative estimate of drug-likeness (QED) is 0.937. The molecule has 4 heteroatoms. The van der Waals surface area contributed by atoms with E-state index >= 15 is 0 Å². The van der Waals surface area contributed by atoms with Gasteiger partial charge < -0.3 is 14.8 Å². The van der Waals surface area contributed by atoms with Crippen molar-refractivity contribution in [3.63, 3.8) is 0 Å². The highest BCUT2D eigenvalue weighted by atomic mass is 16.5. The van der Waals surface area contributed by atoms with E-state index in [1.807, 2.05) is 32.0 Å². The van der Waals surface area contributed by atoms with E-state index in [0.717, 1.165) is 40.6 Å². The first-order valence-electron chi connectivity index (χ1n) is 7.29. The Labute approximate surface area is 125 Å². The number of pyridine rings is 1. The average molecular weight is 284 g/mol. The van der Waals surface area contributed by atoms with Crippen molar-refractivity contribution in [3.05, 3.63) is 47.3 Å². The Kier molecular flexibility index (Phi) is 3.95. The second kappa shape index (κ2) is 6.04. The average Bonchev–Trinajstić information content (AvgIpc) is 2.72. The highest BCUT2D eigenvalue weighted by Gasteiger charge is 2.14. The maximum atomic E-state index is 5.84. The summed E-state index contributed by atoms with van der Waals surface area (Å²) in [5.41, 5.74) is 4.19. The van der Waals surface area contributed by atoms with Crippen molar-refractivity contribution in [1.29, 1.82) is 0 Å². The van der Waals surface area contributed by atoms with Crippen LogP contribution >= 0.6 is 0 Å². The number of hydrogen-bond donors (Lipinski definition) is 1. The van der Waals surface area contributed by atoms with E-state index in [4.69, 9.17) is 9.47 Å². The van der Waals surface area contributed by atoms with E-state index in [-0.39, 0.29) is 0 Å². The van der Waals surface area contributed by atoms with Crippen LogP contribution in [0.2, 0.25) is 0 Å². The number of ether oxygens (including phenoxy) is 2. The second-order valence-corrected chi connectivity index (χ2v) is 5.23. The molecule has 0 saturated carbocycles. The van der Waals surface area contributed by atoms with Crippen molar-refractivity contribution in [2.24, 2.45) is 0 Å². The zero-order valence-corrected chi connectivity index (χ0v) is 12.5. The Morgan fingerprint density at radius 3 is 2.81 bits per heavy atom. The summed E-state index contributed by atoms with van der Waals surface area (Å²) in [6, 6.07) is 10.1. The molecule has 0 aliphatic carbocycles. The summed E-state index contributed by atoms with van der Waals surface area (Å²) in [5.74, 6) is 1.70. The van der Waals surface area contributed by atoms with Gasteiger partial charge in [0.1, 0.15) is 0 Å². The summed E-state index contributed by atoms with van der Waals surface area (Å²) >= 11 is 0. The van der Waals surface area contributed by atoms with E-state index in [1.54, 1.807) is 0 Å². The summed E-state index contributed by atoms with van der Waals surface area (Å²) in [5, 5.41) is 3.43. The van der Waals surface area contributed by atoms with Gasteiger partial charge in [0.15, 0.2) is 11.5 Å². The van der Waals surface area contributed by atoms with E-state index < -0.39 is 0 Å². The van der Waals surface area contributed by atoms with E-state index in [2.05, 4.69) is 22.4 Å². The molecule has 1 aliphatic rings. The molecule has 0 bridgehead atoms. The molecule has 2 aromatic rings. The number of anilines is 1. The molecule has 1 aromatic carbocycles. The van der Waals surface area contributed by atoms with Gasteiger partial charge in [0.2, 0.25) is 0 Å². The van der Waals surface area contributed by atoms with Crippen molar-refractivity contribution in [2.75, 3.05) is 18.5 Å². The monoisotopic (exact) mass is 284 g/mol. The normalized spacial score (nSPS) is 13.6. The molecule has 2 heterocycles. The minimum Gasteiger partial charge on any atom is -0.490 e. The smallest absolute Gasteiger partial charge is 0.166 e. The fourth-order valence-electron chi connectivity index (χ4n) is 2.46. The standard InChI is InChI=1S/C17H20N2O2/c1-12-7-8-15(13(2)19-12)18-11-14-5-3-6-16-17(14)21-10-4-9-20-16/h3,5-8,18H,4,9-11H2,1-2H3. The fourth-order valence-corrected chi connectivity index (χ4v) is 2.46. The zero-order valence-electron chi connectivity index (χ0n) is 12.5. The number of aromatic nitrogens is 1. The van der Waals surface area contributed by atoms with Crippen molar-refractivity contribution < 1.29 is 9.47 Å². The Balaban J connectivity index is 1.79. The third-order valence-corrected chi connectivity index (χ3v) is 3.55. The molecule has 0 fully saturated rings. The van der Waals surface area contributed by atoms with Crippen LogP contribution in [0, 0.1) is 13.8 Å². The van der Waals surface area contributed by atoms with Gasteiger partial charge in [-0.3, -0.25) is 4.98 Å². The van der Waals surface area contributed by atoms with Crippen LogP contribution in [-0.2, 0) is 6.54 Å². The lowest BCUT2D eigenvalue weighted by atomic mass is 10.1. The Bertz CT molecular complexity index is 641. The highest BCUT2D eigenvalue weighted by Crippen LogP contribution is 2.33. The van der Waals surface area contributed by atoms with Crippen molar-refractivity contribution in [3.8, 4) is 11.5 Å². The van der Waals surface area contributed by atoms with Crippen LogP contribution in [0.3, 0.4) is 0 Å². The molecule has 110 valence electrons. The summed E-state index contributed by atoms with van der Waals surface area (Å²) in [6.07, 6.45) is 0.919. The first-order chi connectivity index (χ1) is 10.2. The summed E-state index contributed by atoms with van der Waals surface area (Å²) in [6.45, 7) is 6.12. The van der Waals surface area contributed by atoms with Crippen LogP contribution in [0.1, 0.15) is 23.4 Å². The second-order valence-electron chi connectivity index (χ2n) is 5.23. The maximum Gasteiger partial charge on any atom is 0.166 e. The molecule has 21 heavy (non-hydrogen) atoms. The van der Waals surface area contributed by atoms with Crippen LogP contribution in [-0.4, -0.2) is 18.2 Å². The van der Waals surface area contributed by atoms with Gasteiger partial charge in [0, 0.05) is 24.2 Å². The van der Waals surface area contributed by atoms with Crippen molar-refractivity contribution in [2.45, 2.75) is 26.8 Å². The summed E-state index contributed by atoms with van der Waals surface area (Å²) in [4.78, 5) is 4.47. The molecule has 0 saturated heterocycles. The van der Waals surface area contributed by atoms with Crippen LogP contribution in [0.5, 0.6) is 11.5 Å². The highest BCUT2D eigenvalue weighted by molar-refractivity contribution is 5.52. The molecule has 0 atom stereocenters. The number of benzene rings is 1. The van der Waals surface area contributed by atoms with Gasteiger partial charge in [0.05, 0.1) is 24.6 Å². The molecule has 3 rings (SSSR count). The molecule has 1 N–H and O–H groups in total. The van der Waals surface area contributed by atoms with Crippen LogP contribution in [0.4, 0.5) is 5.69 Å². The Hall–Kier alpha value is -2.23. The Morgan fingerprint density at radius 1 is 1.10 bits per heavy atom.